The number of halogens is 4. The predicted octanol–water partition coefficient (Wildman–Crippen LogP) is 4.69. The number of esters is 1. The highest BCUT2D eigenvalue weighted by atomic mass is 32.2. The van der Waals surface area contributed by atoms with Gasteiger partial charge >= 0.3 is 11.9 Å². The van der Waals surface area contributed by atoms with Gasteiger partial charge in [0.2, 0.25) is 0 Å². The summed E-state index contributed by atoms with van der Waals surface area (Å²) in [4.78, 5) is 11.6. The Kier molecular flexibility index (Phi) is 9.35. The number of nitrogens with one attached hydrogen (secondary N) is 1. The number of alkyl halides is 3. The Labute approximate surface area is 144 Å². The molecule has 0 saturated carbocycles. The largest absolute Gasteiger partial charge is 0.462 e. The zero-order chi connectivity index (χ0) is 19.0. The predicted molar refractivity (Wildman–Crippen MR) is 88.2 cm³/mol. The Balaban J connectivity index is 0.00000254. The van der Waals surface area contributed by atoms with E-state index in [-0.39, 0.29) is 12.2 Å². The molecule has 3 nitrogen and oxygen atoms in total. The first-order valence-corrected chi connectivity index (χ1v) is 8.02. The number of carbonyl (C=O) groups excluding carboxylic acids is 1. The van der Waals surface area contributed by atoms with Crippen molar-refractivity contribution in [3.05, 3.63) is 35.6 Å². The van der Waals surface area contributed by atoms with Crippen LogP contribution in [0.1, 0.15) is 39.3 Å². The fraction of sp³-hybridized carbons (Fsp3) is 0.562. The molecular formula is C16H23F4NO2S. The number of rotatable bonds is 6. The van der Waals surface area contributed by atoms with Gasteiger partial charge in [0.25, 0.3) is 0 Å². The second kappa shape index (κ2) is 9.88. The van der Waals surface area contributed by atoms with E-state index in [0.717, 1.165) is 18.0 Å². The molecule has 1 aromatic rings. The molecule has 0 spiro atoms. The summed E-state index contributed by atoms with van der Waals surface area (Å²) in [5.41, 5.74) is -0.280. The zero-order valence-corrected chi connectivity index (χ0v) is 15.1. The molecule has 0 bridgehead atoms. The summed E-state index contributed by atoms with van der Waals surface area (Å²) in [5.74, 6) is -6.38. The van der Waals surface area contributed by atoms with Crippen molar-refractivity contribution in [3.8, 4) is 0 Å². The van der Waals surface area contributed by atoms with E-state index < -0.39 is 28.5 Å². The van der Waals surface area contributed by atoms with Crippen LogP contribution in [0.2, 0.25) is 0 Å². The number of ether oxygens (including phenoxy) is 1. The quantitative estimate of drug-likeness (QED) is 0.449. The summed E-state index contributed by atoms with van der Waals surface area (Å²) >= 11 is 1.00. The topological polar surface area (TPSA) is 38.3 Å². The van der Waals surface area contributed by atoms with Crippen LogP contribution in [0, 0.1) is 5.82 Å². The average molecular weight is 369 g/mol. The van der Waals surface area contributed by atoms with Gasteiger partial charge in [-0.25, -0.2) is 13.9 Å². The van der Waals surface area contributed by atoms with Gasteiger partial charge in [0, 0.05) is 10.3 Å². The normalized spacial score (nSPS) is 12.9. The fourth-order valence-electron chi connectivity index (χ4n) is 1.62. The van der Waals surface area contributed by atoms with E-state index in [4.69, 9.17) is 0 Å². The fourth-order valence-corrected chi connectivity index (χ4v) is 2.37. The molecule has 0 aliphatic carbocycles. The van der Waals surface area contributed by atoms with Crippen LogP contribution in [-0.2, 0) is 9.53 Å². The second-order valence-electron chi connectivity index (χ2n) is 5.63. The molecule has 0 heterocycles. The van der Waals surface area contributed by atoms with Crippen molar-refractivity contribution >= 4 is 17.9 Å². The van der Waals surface area contributed by atoms with Gasteiger partial charge in [-0.05, 0) is 33.8 Å². The zero-order valence-electron chi connectivity index (χ0n) is 14.3. The molecule has 0 amide bonds. The second-order valence-corrected chi connectivity index (χ2v) is 7.29. The summed E-state index contributed by atoms with van der Waals surface area (Å²) in [6.07, 6.45) is 0. The van der Waals surface area contributed by atoms with Crippen LogP contribution in [0.15, 0.2) is 24.3 Å². The number of hydrogen-bond donors (Lipinski definition) is 1. The molecule has 1 aromatic carbocycles. The molecule has 0 fully saturated rings. The molecule has 1 rings (SSSR count). The maximum atomic E-state index is 14.4. The van der Waals surface area contributed by atoms with Crippen molar-refractivity contribution < 1.29 is 27.1 Å². The van der Waals surface area contributed by atoms with Gasteiger partial charge in [-0.15, -0.1) is 0 Å². The third-order valence-electron chi connectivity index (χ3n) is 2.61. The highest BCUT2D eigenvalue weighted by Gasteiger charge is 2.50. The summed E-state index contributed by atoms with van der Waals surface area (Å²) in [7, 11) is 0.500. The van der Waals surface area contributed by atoms with E-state index in [0.29, 0.717) is 7.18 Å². The van der Waals surface area contributed by atoms with Crippen LogP contribution >= 0.6 is 11.9 Å². The van der Waals surface area contributed by atoms with Gasteiger partial charge in [0.1, 0.15) is 11.9 Å². The highest BCUT2D eigenvalue weighted by Crippen LogP contribution is 2.37. The molecule has 24 heavy (non-hydrogen) atoms. The van der Waals surface area contributed by atoms with Crippen LogP contribution in [0.25, 0.3) is 0 Å². The first-order valence-electron chi connectivity index (χ1n) is 7.20. The molecule has 138 valence electrons. The minimum absolute atomic E-state index is 0.176. The maximum Gasteiger partial charge on any atom is 0.379 e. The number of benzene rings is 1. The van der Waals surface area contributed by atoms with Gasteiger partial charge < -0.3 is 4.74 Å². The summed E-state index contributed by atoms with van der Waals surface area (Å²) in [6.45, 7) is 6.69. The molecule has 1 atom stereocenters. The first kappa shape index (κ1) is 22.7. The molecule has 8 heteroatoms. The lowest BCUT2D eigenvalue weighted by Crippen LogP contribution is -2.43. The molecule has 1 unspecified atom stereocenters. The lowest BCUT2D eigenvalue weighted by Gasteiger charge is -2.29. The minimum atomic E-state index is -3.89. The van der Waals surface area contributed by atoms with Gasteiger partial charge in [0.15, 0.2) is 0 Å². The van der Waals surface area contributed by atoms with Crippen molar-refractivity contribution in [1.82, 2.24) is 4.72 Å². The highest BCUT2D eigenvalue weighted by molar-refractivity contribution is 7.98. The Hall–Kier alpha value is -1.28. The van der Waals surface area contributed by atoms with Crippen LogP contribution in [0.4, 0.5) is 17.6 Å². The van der Waals surface area contributed by atoms with Crippen LogP contribution in [-0.4, -0.2) is 30.4 Å². The van der Waals surface area contributed by atoms with E-state index in [2.05, 4.69) is 9.46 Å². The summed E-state index contributed by atoms with van der Waals surface area (Å²) in [5, 5.41) is 0. The summed E-state index contributed by atoms with van der Waals surface area (Å²) in [6, 6.07) is 3.32. The van der Waals surface area contributed by atoms with Gasteiger partial charge in [0.05, 0.1) is 13.8 Å². The Morgan fingerprint density at radius 3 is 2.25 bits per heavy atom. The molecule has 0 radical (unpaired) electrons. The number of hydrogen-bond acceptors (Lipinski definition) is 4. The van der Waals surface area contributed by atoms with Crippen molar-refractivity contribution in [2.24, 2.45) is 0 Å². The van der Waals surface area contributed by atoms with Crippen molar-refractivity contribution in [3.63, 3.8) is 0 Å². The molecule has 0 saturated heterocycles. The Morgan fingerprint density at radius 1 is 1.25 bits per heavy atom. The molecule has 0 aromatic heterocycles. The first-order chi connectivity index (χ1) is 11.1. The van der Waals surface area contributed by atoms with E-state index in [9.17, 15) is 22.4 Å². The smallest absolute Gasteiger partial charge is 0.379 e. The van der Waals surface area contributed by atoms with Crippen molar-refractivity contribution in [2.45, 2.75) is 44.4 Å². The lowest BCUT2D eigenvalue weighted by molar-refractivity contribution is -0.175. The van der Waals surface area contributed by atoms with Gasteiger partial charge in [-0.3, -0.25) is 4.39 Å². The van der Waals surface area contributed by atoms with Crippen LogP contribution < -0.4 is 4.72 Å². The van der Waals surface area contributed by atoms with Crippen LogP contribution in [0.3, 0.4) is 0 Å². The molecule has 0 aliphatic rings. The third kappa shape index (κ3) is 6.68. The molecular weight excluding hydrogens is 346 g/mol. The van der Waals surface area contributed by atoms with Crippen LogP contribution in [0.5, 0.6) is 0 Å². The standard InChI is InChI=1S/C15H20F3NO2S.CH3F/c1-5-21-13(20)15(17,18)12(19-22-14(2,3)4)10-8-6-7-9-11(10)16;1-2/h6-9,12,19H,5H2,1-4H3;1H3. The third-order valence-corrected chi connectivity index (χ3v) is 3.58. The van der Waals surface area contributed by atoms with Gasteiger partial charge in [-0.2, -0.15) is 8.78 Å². The SMILES string of the molecule is CCOC(=O)C(F)(F)C(NSC(C)(C)C)c1ccccc1F.CF. The van der Waals surface area contributed by atoms with E-state index in [1.807, 2.05) is 20.8 Å². The lowest BCUT2D eigenvalue weighted by atomic mass is 10.0. The Bertz CT molecular complexity index is 521. The summed E-state index contributed by atoms with van der Waals surface area (Å²) < 4.78 is 58.7. The minimum Gasteiger partial charge on any atom is -0.462 e. The van der Waals surface area contributed by atoms with E-state index >= 15 is 0 Å². The monoisotopic (exact) mass is 369 g/mol. The molecule has 1 N–H and O–H groups in total. The maximum absolute atomic E-state index is 14.4. The van der Waals surface area contributed by atoms with Crippen molar-refractivity contribution in [2.75, 3.05) is 13.8 Å². The van der Waals surface area contributed by atoms with E-state index in [1.54, 1.807) is 0 Å². The Morgan fingerprint density at radius 2 is 1.79 bits per heavy atom. The average Bonchev–Trinajstić information content (AvgIpc) is 2.50. The van der Waals surface area contributed by atoms with Crippen molar-refractivity contribution in [1.29, 1.82) is 0 Å². The molecule has 0 aliphatic heterocycles. The van der Waals surface area contributed by atoms with E-state index in [1.165, 1.54) is 25.1 Å². The number of carbonyl (C=O) groups is 1. The van der Waals surface area contributed by atoms with Gasteiger partial charge in [-0.1, -0.05) is 30.1 Å².